The predicted molar refractivity (Wildman–Crippen MR) is 116 cm³/mol. The molecule has 0 fully saturated rings. The fraction of sp³-hybridized carbons (Fsp3) is 0.100. The van der Waals surface area contributed by atoms with E-state index in [2.05, 4.69) is 10.6 Å². The van der Waals surface area contributed by atoms with E-state index in [-0.39, 0.29) is 0 Å². The summed E-state index contributed by atoms with van der Waals surface area (Å²) in [5, 5.41) is 7.68. The van der Waals surface area contributed by atoms with E-state index >= 15 is 0 Å². The van der Waals surface area contributed by atoms with Crippen LogP contribution in [-0.2, 0) is 11.2 Å². The lowest BCUT2D eigenvalue weighted by atomic mass is 10.1. The summed E-state index contributed by atoms with van der Waals surface area (Å²) in [6.07, 6.45) is 0.724. The van der Waals surface area contributed by atoms with Crippen molar-refractivity contribution in [2.24, 2.45) is 0 Å². The largest absolute Gasteiger partial charge is 0.465 e. The van der Waals surface area contributed by atoms with Crippen molar-refractivity contribution in [1.29, 1.82) is 0 Å². The number of anilines is 2. The topological polar surface area (TPSA) is 50.4 Å². The zero-order valence-electron chi connectivity index (χ0n) is 14.5. The quantitative estimate of drug-likeness (QED) is 0.419. The molecule has 1 aromatic heterocycles. The number of esters is 1. The van der Waals surface area contributed by atoms with Gasteiger partial charge in [0.15, 0.2) is 5.11 Å². The van der Waals surface area contributed by atoms with Crippen molar-refractivity contribution >= 4 is 56.9 Å². The smallest absolute Gasteiger partial charge is 0.340 e. The van der Waals surface area contributed by atoms with Gasteiger partial charge in [0.2, 0.25) is 0 Å². The van der Waals surface area contributed by atoms with Crippen LogP contribution < -0.4 is 10.6 Å². The summed E-state index contributed by atoms with van der Waals surface area (Å²) < 4.78 is 4.90. The molecule has 0 bridgehead atoms. The number of thiocarbonyl (C=S) groups is 1. The highest BCUT2D eigenvalue weighted by Crippen LogP contribution is 2.31. The van der Waals surface area contributed by atoms with Gasteiger partial charge in [-0.2, -0.15) is 0 Å². The zero-order chi connectivity index (χ0) is 19.2. The number of para-hydroxylation sites is 1. The fourth-order valence-corrected chi connectivity index (χ4v) is 4.04. The van der Waals surface area contributed by atoms with E-state index in [0.29, 0.717) is 26.4 Å². The maximum Gasteiger partial charge on any atom is 0.340 e. The molecule has 0 spiro atoms. The first-order valence-corrected chi connectivity index (χ1v) is 9.74. The Hall–Kier alpha value is -2.41. The fourth-order valence-electron chi connectivity index (χ4n) is 2.50. The molecule has 4 nitrogen and oxygen atoms in total. The normalized spacial score (nSPS) is 10.3. The second-order valence-electron chi connectivity index (χ2n) is 5.67. The molecule has 2 N–H and O–H groups in total. The van der Waals surface area contributed by atoms with Gasteiger partial charge in [-0.3, -0.25) is 0 Å². The molecule has 0 aliphatic carbocycles. The molecule has 0 saturated carbocycles. The minimum atomic E-state index is -0.409. The summed E-state index contributed by atoms with van der Waals surface area (Å²) in [5.74, 6) is -0.409. The Morgan fingerprint density at radius 2 is 1.81 bits per heavy atom. The lowest BCUT2D eigenvalue weighted by Crippen LogP contribution is -2.20. The van der Waals surface area contributed by atoms with Crippen molar-refractivity contribution < 1.29 is 9.53 Å². The molecule has 0 amide bonds. The molecule has 1 heterocycles. The monoisotopic (exact) mass is 416 g/mol. The van der Waals surface area contributed by atoms with E-state index in [9.17, 15) is 4.79 Å². The summed E-state index contributed by atoms with van der Waals surface area (Å²) in [5.41, 5.74) is 2.31. The summed E-state index contributed by atoms with van der Waals surface area (Å²) in [6.45, 7) is 0. The van der Waals surface area contributed by atoms with Gasteiger partial charge >= 0.3 is 5.97 Å². The number of hydrogen-bond acceptors (Lipinski definition) is 4. The molecule has 0 unspecified atom stereocenters. The Kier molecular flexibility index (Phi) is 6.45. The lowest BCUT2D eigenvalue weighted by molar-refractivity contribution is 0.0602. The van der Waals surface area contributed by atoms with Gasteiger partial charge in [-0.1, -0.05) is 54.1 Å². The molecule has 0 aliphatic heterocycles. The summed E-state index contributed by atoms with van der Waals surface area (Å²) >= 11 is 13.0. The number of rotatable bonds is 5. The average molecular weight is 417 g/mol. The van der Waals surface area contributed by atoms with Gasteiger partial charge < -0.3 is 15.4 Å². The van der Waals surface area contributed by atoms with Gasteiger partial charge in [0.05, 0.1) is 23.4 Å². The number of carbonyl (C=O) groups excluding carboxylic acids is 1. The summed E-state index contributed by atoms with van der Waals surface area (Å²) in [4.78, 5) is 13.2. The Labute approximate surface area is 172 Å². The maximum absolute atomic E-state index is 12.2. The second-order valence-corrected chi connectivity index (χ2v) is 7.62. The molecule has 27 heavy (non-hydrogen) atoms. The van der Waals surface area contributed by atoms with E-state index in [0.717, 1.165) is 11.3 Å². The Morgan fingerprint density at radius 1 is 1.11 bits per heavy atom. The zero-order valence-corrected chi connectivity index (χ0v) is 16.9. The van der Waals surface area contributed by atoms with Crippen LogP contribution in [0.25, 0.3) is 0 Å². The Bertz CT molecular complexity index is 958. The third-order valence-corrected chi connectivity index (χ3v) is 5.34. The number of hydrogen-bond donors (Lipinski definition) is 2. The van der Waals surface area contributed by atoms with Crippen molar-refractivity contribution in [2.45, 2.75) is 6.42 Å². The Morgan fingerprint density at radius 3 is 2.52 bits per heavy atom. The Balaban J connectivity index is 1.79. The number of thiophene rings is 1. The first-order valence-electron chi connectivity index (χ1n) is 8.14. The predicted octanol–water partition coefficient (Wildman–Crippen LogP) is 5.59. The molecule has 0 radical (unpaired) electrons. The van der Waals surface area contributed by atoms with Gasteiger partial charge in [0.25, 0.3) is 0 Å². The first-order chi connectivity index (χ1) is 13.1. The SMILES string of the molecule is COC(=O)c1cc(Cc2ccccc2)sc1NC(=S)Nc1ccccc1Cl. The van der Waals surface area contributed by atoms with Crippen molar-refractivity contribution in [3.05, 3.63) is 81.7 Å². The van der Waals surface area contributed by atoms with Gasteiger partial charge in [0, 0.05) is 11.3 Å². The van der Waals surface area contributed by atoms with Crippen LogP contribution in [0.2, 0.25) is 5.02 Å². The van der Waals surface area contributed by atoms with Crippen molar-refractivity contribution in [3.8, 4) is 0 Å². The first kappa shape index (κ1) is 19.4. The molecule has 0 atom stereocenters. The molecule has 3 rings (SSSR count). The van der Waals surface area contributed by atoms with Gasteiger partial charge in [-0.05, 0) is 36.0 Å². The lowest BCUT2D eigenvalue weighted by Gasteiger charge is -2.11. The van der Waals surface area contributed by atoms with Crippen LogP contribution in [0.3, 0.4) is 0 Å². The molecule has 138 valence electrons. The molecular weight excluding hydrogens is 400 g/mol. The minimum absolute atomic E-state index is 0.348. The number of carbonyl (C=O) groups is 1. The number of benzene rings is 2. The van der Waals surface area contributed by atoms with Crippen molar-refractivity contribution in [2.75, 3.05) is 17.7 Å². The van der Waals surface area contributed by atoms with Crippen LogP contribution in [0.1, 0.15) is 20.8 Å². The summed E-state index contributed by atoms with van der Waals surface area (Å²) in [6, 6.07) is 19.2. The molecule has 0 saturated heterocycles. The third-order valence-electron chi connectivity index (χ3n) is 3.76. The van der Waals surface area contributed by atoms with Crippen LogP contribution in [-0.4, -0.2) is 18.2 Å². The van der Waals surface area contributed by atoms with E-state index in [1.807, 2.05) is 54.6 Å². The molecule has 0 aliphatic rings. The molecular formula is C20H17ClN2O2S2. The average Bonchev–Trinajstić information content (AvgIpc) is 3.05. The van der Waals surface area contributed by atoms with E-state index in [1.54, 1.807) is 6.07 Å². The number of halogens is 1. The molecule has 2 aromatic carbocycles. The van der Waals surface area contributed by atoms with Gasteiger partial charge in [-0.25, -0.2) is 4.79 Å². The van der Waals surface area contributed by atoms with E-state index in [1.165, 1.54) is 24.0 Å². The summed E-state index contributed by atoms with van der Waals surface area (Å²) in [7, 11) is 1.36. The van der Waals surface area contributed by atoms with Crippen LogP contribution in [0.5, 0.6) is 0 Å². The number of nitrogens with one attached hydrogen (secondary N) is 2. The second kappa shape index (κ2) is 8.99. The minimum Gasteiger partial charge on any atom is -0.465 e. The van der Waals surface area contributed by atoms with E-state index < -0.39 is 5.97 Å². The van der Waals surface area contributed by atoms with Crippen LogP contribution in [0.15, 0.2) is 60.7 Å². The van der Waals surface area contributed by atoms with Crippen molar-refractivity contribution in [1.82, 2.24) is 0 Å². The number of methoxy groups -OCH3 is 1. The van der Waals surface area contributed by atoms with Crippen LogP contribution in [0.4, 0.5) is 10.7 Å². The highest BCUT2D eigenvalue weighted by atomic mass is 35.5. The van der Waals surface area contributed by atoms with Gasteiger partial charge in [0.1, 0.15) is 5.00 Å². The highest BCUT2D eigenvalue weighted by Gasteiger charge is 2.18. The standard InChI is InChI=1S/C20H17ClN2O2S2/c1-25-19(24)15-12-14(11-13-7-3-2-4-8-13)27-18(15)23-20(26)22-17-10-6-5-9-16(17)21/h2-10,12H,11H2,1H3,(H2,22,23,26). The van der Waals surface area contributed by atoms with Crippen molar-refractivity contribution in [3.63, 3.8) is 0 Å². The third kappa shape index (κ3) is 5.07. The van der Waals surface area contributed by atoms with E-state index in [4.69, 9.17) is 28.6 Å². The molecule has 7 heteroatoms. The number of ether oxygens (including phenoxy) is 1. The van der Waals surface area contributed by atoms with Crippen LogP contribution >= 0.6 is 35.2 Å². The highest BCUT2D eigenvalue weighted by molar-refractivity contribution is 7.80. The van der Waals surface area contributed by atoms with Gasteiger partial charge in [-0.15, -0.1) is 11.3 Å². The molecule has 3 aromatic rings. The van der Waals surface area contributed by atoms with Crippen LogP contribution in [0, 0.1) is 0 Å². The maximum atomic E-state index is 12.2.